The minimum Gasteiger partial charge on any atom is -0.233 e. The van der Waals surface area contributed by atoms with E-state index in [1.165, 1.54) is 0 Å². The largest absolute Gasteiger partial charge is 0.233 e. The number of hydrogen-bond donors (Lipinski definition) is 0. The fourth-order valence-corrected chi connectivity index (χ4v) is 2.64. The number of aryl methyl sites for hydroxylation is 1. The standard InChI is InChI=1S/C17H16Cl2N2.C2H6/c1-5-13(6-11(2)3)17-12(4)10-20-21(17)16-8-14(18)7-15(19)9-16;1-2/h5-10H,1-2H2,3-4H3;1-2H3/b13-6+;. The first-order valence-corrected chi connectivity index (χ1v) is 8.19. The zero-order valence-corrected chi connectivity index (χ0v) is 15.5. The molecular formula is C19H22Cl2N2. The first-order valence-electron chi connectivity index (χ1n) is 7.43. The molecule has 0 saturated carbocycles. The second-order valence-electron chi connectivity index (χ2n) is 4.87. The lowest BCUT2D eigenvalue weighted by Gasteiger charge is -2.11. The van der Waals surface area contributed by atoms with E-state index < -0.39 is 0 Å². The summed E-state index contributed by atoms with van der Waals surface area (Å²) in [5, 5.41) is 5.57. The third-order valence-corrected chi connectivity index (χ3v) is 3.38. The Balaban J connectivity index is 0.00000127. The maximum atomic E-state index is 6.08. The van der Waals surface area contributed by atoms with Gasteiger partial charge in [0.2, 0.25) is 0 Å². The average molecular weight is 349 g/mol. The molecule has 0 amide bonds. The van der Waals surface area contributed by atoms with Gasteiger partial charge >= 0.3 is 0 Å². The number of allylic oxidation sites excluding steroid dienone is 4. The maximum Gasteiger partial charge on any atom is 0.0769 e. The smallest absolute Gasteiger partial charge is 0.0769 e. The van der Waals surface area contributed by atoms with Crippen molar-refractivity contribution in [2.75, 3.05) is 0 Å². The molecule has 1 aromatic heterocycles. The van der Waals surface area contributed by atoms with Gasteiger partial charge < -0.3 is 0 Å². The Kier molecular flexibility index (Phi) is 7.34. The summed E-state index contributed by atoms with van der Waals surface area (Å²) in [5.74, 6) is 0. The zero-order valence-electron chi connectivity index (χ0n) is 14.0. The molecule has 0 atom stereocenters. The van der Waals surface area contributed by atoms with Crippen molar-refractivity contribution < 1.29 is 0 Å². The molecule has 0 aliphatic carbocycles. The van der Waals surface area contributed by atoms with Crippen LogP contribution in [-0.2, 0) is 0 Å². The molecule has 0 aliphatic rings. The van der Waals surface area contributed by atoms with Gasteiger partial charge in [-0.15, -0.1) is 0 Å². The van der Waals surface area contributed by atoms with E-state index in [1.807, 2.05) is 50.6 Å². The summed E-state index contributed by atoms with van der Waals surface area (Å²) in [4.78, 5) is 0. The van der Waals surface area contributed by atoms with Crippen molar-refractivity contribution in [3.8, 4) is 5.69 Å². The summed E-state index contributed by atoms with van der Waals surface area (Å²) >= 11 is 12.2. The summed E-state index contributed by atoms with van der Waals surface area (Å²) in [7, 11) is 0. The first kappa shape index (κ1) is 19.3. The van der Waals surface area contributed by atoms with Gasteiger partial charge in [-0.25, -0.2) is 4.68 Å². The van der Waals surface area contributed by atoms with Crippen molar-refractivity contribution in [3.05, 3.63) is 76.6 Å². The monoisotopic (exact) mass is 348 g/mol. The molecule has 0 radical (unpaired) electrons. The lowest BCUT2D eigenvalue weighted by molar-refractivity contribution is 0.867. The quantitative estimate of drug-likeness (QED) is 0.564. The second kappa shape index (κ2) is 8.76. The molecular weight excluding hydrogens is 327 g/mol. The molecule has 0 spiro atoms. The highest BCUT2D eigenvalue weighted by molar-refractivity contribution is 6.34. The number of aromatic nitrogens is 2. The van der Waals surface area contributed by atoms with Gasteiger partial charge in [0, 0.05) is 15.6 Å². The van der Waals surface area contributed by atoms with Gasteiger partial charge in [0.15, 0.2) is 0 Å². The van der Waals surface area contributed by atoms with Gasteiger partial charge in [0.05, 0.1) is 17.6 Å². The Morgan fingerprint density at radius 3 is 2.22 bits per heavy atom. The van der Waals surface area contributed by atoms with Crippen LogP contribution in [0, 0.1) is 6.92 Å². The first-order chi connectivity index (χ1) is 10.9. The maximum absolute atomic E-state index is 6.08. The molecule has 1 aromatic carbocycles. The minimum atomic E-state index is 0.570. The van der Waals surface area contributed by atoms with E-state index in [1.54, 1.807) is 18.3 Å². The van der Waals surface area contributed by atoms with Crippen molar-refractivity contribution in [1.82, 2.24) is 9.78 Å². The molecule has 1 heterocycles. The van der Waals surface area contributed by atoms with Gasteiger partial charge in [-0.1, -0.05) is 67.9 Å². The second-order valence-corrected chi connectivity index (χ2v) is 5.74. The van der Waals surface area contributed by atoms with Gasteiger partial charge in [-0.2, -0.15) is 5.10 Å². The summed E-state index contributed by atoms with van der Waals surface area (Å²) in [6.07, 6.45) is 5.57. The van der Waals surface area contributed by atoms with E-state index in [2.05, 4.69) is 18.3 Å². The summed E-state index contributed by atoms with van der Waals surface area (Å²) in [6.45, 7) is 15.7. The highest BCUT2D eigenvalue weighted by Crippen LogP contribution is 2.27. The highest BCUT2D eigenvalue weighted by atomic mass is 35.5. The van der Waals surface area contributed by atoms with E-state index in [4.69, 9.17) is 23.2 Å². The molecule has 0 fully saturated rings. The van der Waals surface area contributed by atoms with Crippen LogP contribution < -0.4 is 0 Å². The Labute approximate surface area is 148 Å². The number of nitrogens with zero attached hydrogens (tertiary/aromatic N) is 2. The highest BCUT2D eigenvalue weighted by Gasteiger charge is 2.13. The molecule has 2 nitrogen and oxygen atoms in total. The zero-order chi connectivity index (χ0) is 17.6. The normalized spacial score (nSPS) is 10.8. The number of benzene rings is 1. The molecule has 0 aliphatic heterocycles. The Morgan fingerprint density at radius 1 is 1.17 bits per heavy atom. The van der Waals surface area contributed by atoms with Gasteiger partial charge in [-0.3, -0.25) is 0 Å². The molecule has 0 bridgehead atoms. The molecule has 4 heteroatoms. The van der Waals surface area contributed by atoms with Crippen LogP contribution in [0.15, 0.2) is 55.3 Å². The molecule has 0 unspecified atom stereocenters. The van der Waals surface area contributed by atoms with E-state index in [-0.39, 0.29) is 0 Å². The lowest BCUT2D eigenvalue weighted by Crippen LogP contribution is -2.02. The lowest BCUT2D eigenvalue weighted by atomic mass is 10.1. The molecule has 122 valence electrons. The fourth-order valence-electron chi connectivity index (χ4n) is 2.13. The van der Waals surface area contributed by atoms with Crippen LogP contribution in [0.25, 0.3) is 11.3 Å². The average Bonchev–Trinajstić information content (AvgIpc) is 2.87. The van der Waals surface area contributed by atoms with Crippen LogP contribution in [0.2, 0.25) is 10.0 Å². The molecule has 2 rings (SSSR count). The number of hydrogen-bond acceptors (Lipinski definition) is 1. The fraction of sp³-hybridized carbons (Fsp3) is 0.211. The predicted molar refractivity (Wildman–Crippen MR) is 103 cm³/mol. The van der Waals surface area contributed by atoms with E-state index in [0.29, 0.717) is 10.0 Å². The Bertz CT molecular complexity index is 720. The van der Waals surface area contributed by atoms with Crippen molar-refractivity contribution in [2.24, 2.45) is 0 Å². The summed E-state index contributed by atoms with van der Waals surface area (Å²) in [5.41, 5.74) is 4.70. The molecule has 23 heavy (non-hydrogen) atoms. The summed E-state index contributed by atoms with van der Waals surface area (Å²) < 4.78 is 1.81. The molecule has 2 aromatic rings. The van der Waals surface area contributed by atoms with Crippen molar-refractivity contribution in [1.29, 1.82) is 0 Å². The van der Waals surface area contributed by atoms with Crippen LogP contribution >= 0.6 is 23.2 Å². The van der Waals surface area contributed by atoms with Crippen molar-refractivity contribution in [2.45, 2.75) is 27.7 Å². The molecule has 0 N–H and O–H groups in total. The van der Waals surface area contributed by atoms with Crippen molar-refractivity contribution in [3.63, 3.8) is 0 Å². The van der Waals surface area contributed by atoms with Crippen LogP contribution in [0.3, 0.4) is 0 Å². The van der Waals surface area contributed by atoms with Gasteiger partial charge in [0.1, 0.15) is 0 Å². The summed E-state index contributed by atoms with van der Waals surface area (Å²) in [6, 6.07) is 5.34. The molecule has 0 saturated heterocycles. The number of rotatable bonds is 4. The Hall–Kier alpha value is -1.77. The van der Waals surface area contributed by atoms with Crippen LogP contribution in [0.5, 0.6) is 0 Å². The van der Waals surface area contributed by atoms with Crippen LogP contribution in [0.1, 0.15) is 32.0 Å². The van der Waals surface area contributed by atoms with Gasteiger partial charge in [0.25, 0.3) is 0 Å². The topological polar surface area (TPSA) is 17.8 Å². The SMILES string of the molecule is C=C/C(=C\C(=C)C)c1c(C)cnn1-c1cc(Cl)cc(Cl)c1.CC. The van der Waals surface area contributed by atoms with Crippen LogP contribution in [-0.4, -0.2) is 9.78 Å². The van der Waals surface area contributed by atoms with Gasteiger partial charge in [-0.05, 0) is 37.6 Å². The van der Waals surface area contributed by atoms with Crippen molar-refractivity contribution >= 4 is 28.8 Å². The van der Waals surface area contributed by atoms with E-state index in [9.17, 15) is 0 Å². The minimum absolute atomic E-state index is 0.570. The third-order valence-electron chi connectivity index (χ3n) is 2.94. The van der Waals surface area contributed by atoms with Crippen LogP contribution in [0.4, 0.5) is 0 Å². The number of halogens is 2. The predicted octanol–water partition coefficient (Wildman–Crippen LogP) is 6.66. The van der Waals surface area contributed by atoms with E-state index in [0.717, 1.165) is 28.1 Å². The Morgan fingerprint density at radius 2 is 1.74 bits per heavy atom. The van der Waals surface area contributed by atoms with E-state index >= 15 is 0 Å². The third kappa shape index (κ3) is 4.85.